The summed E-state index contributed by atoms with van der Waals surface area (Å²) >= 11 is 0. The molecular weight excluding hydrogens is 227 g/mol. The molecule has 0 aromatic heterocycles. The Balaban J connectivity index is 2.31. The molecule has 0 radical (unpaired) electrons. The van der Waals surface area contributed by atoms with Gasteiger partial charge in [-0.1, -0.05) is 26.0 Å². The Bertz CT molecular complexity index is 417. The normalized spacial score (nSPS) is 20.7. The Morgan fingerprint density at radius 2 is 2.11 bits per heavy atom. The summed E-state index contributed by atoms with van der Waals surface area (Å²) in [5.74, 6) is 0.246. The molecule has 1 aromatic rings. The van der Waals surface area contributed by atoms with E-state index in [9.17, 15) is 4.39 Å². The van der Waals surface area contributed by atoms with Crippen LogP contribution in [-0.2, 0) is 0 Å². The molecule has 0 amide bonds. The van der Waals surface area contributed by atoms with Crippen LogP contribution in [0.15, 0.2) is 18.2 Å². The number of rotatable bonds is 3. The smallest absolute Gasteiger partial charge is 0.146 e. The topological polar surface area (TPSA) is 6.48 Å². The largest absolute Gasteiger partial charge is 0.368 e. The van der Waals surface area contributed by atoms with Crippen LogP contribution in [0.3, 0.4) is 0 Å². The van der Waals surface area contributed by atoms with Crippen molar-refractivity contribution in [2.45, 2.75) is 32.2 Å². The van der Waals surface area contributed by atoms with Crippen LogP contribution in [0.4, 0.5) is 10.1 Å². The summed E-state index contributed by atoms with van der Waals surface area (Å²) in [6.07, 6.45) is 1.11. The first-order chi connectivity index (χ1) is 8.50. The second-order valence-corrected chi connectivity index (χ2v) is 5.65. The van der Waals surface area contributed by atoms with Crippen molar-refractivity contribution < 1.29 is 4.39 Å². The minimum Gasteiger partial charge on any atom is -0.368 e. The lowest BCUT2D eigenvalue weighted by Gasteiger charge is -2.30. The summed E-state index contributed by atoms with van der Waals surface area (Å²) in [6.45, 7) is 6.35. The molecule has 100 valence electrons. The quantitative estimate of drug-likeness (QED) is 0.813. The van der Waals surface area contributed by atoms with Crippen LogP contribution in [0.5, 0.6) is 0 Å². The predicted octanol–water partition coefficient (Wildman–Crippen LogP) is 3.09. The number of anilines is 1. The molecule has 0 aliphatic carbocycles. The molecule has 18 heavy (non-hydrogen) atoms. The molecular formula is C15H23FN2. The van der Waals surface area contributed by atoms with Crippen LogP contribution >= 0.6 is 0 Å². The molecule has 0 spiro atoms. The standard InChI is InChI=1S/C15H23FN2/c1-11(2)13-6-5-7-14(16)15(13)18(4)12-8-9-17(3)10-12/h5-7,11-12H,8-10H2,1-4H3. The van der Waals surface area contributed by atoms with E-state index < -0.39 is 0 Å². The Morgan fingerprint density at radius 1 is 1.39 bits per heavy atom. The fourth-order valence-electron chi connectivity index (χ4n) is 2.78. The summed E-state index contributed by atoms with van der Waals surface area (Å²) in [4.78, 5) is 4.44. The van der Waals surface area contributed by atoms with Gasteiger partial charge in [-0.2, -0.15) is 0 Å². The van der Waals surface area contributed by atoms with Gasteiger partial charge < -0.3 is 9.80 Å². The van der Waals surface area contributed by atoms with E-state index in [2.05, 4.69) is 30.7 Å². The fourth-order valence-corrected chi connectivity index (χ4v) is 2.78. The third kappa shape index (κ3) is 2.51. The average molecular weight is 250 g/mol. The maximum Gasteiger partial charge on any atom is 0.146 e. The third-order valence-corrected chi connectivity index (χ3v) is 3.91. The molecule has 1 fully saturated rings. The highest BCUT2D eigenvalue weighted by Crippen LogP contribution is 2.32. The molecule has 2 nitrogen and oxygen atoms in total. The molecule has 3 heteroatoms. The van der Waals surface area contributed by atoms with E-state index in [1.807, 2.05) is 19.2 Å². The van der Waals surface area contributed by atoms with Crippen molar-refractivity contribution in [3.63, 3.8) is 0 Å². The van der Waals surface area contributed by atoms with Gasteiger partial charge >= 0.3 is 0 Å². The van der Waals surface area contributed by atoms with Gasteiger partial charge in [0.15, 0.2) is 0 Å². The van der Waals surface area contributed by atoms with Gasteiger partial charge in [-0.25, -0.2) is 4.39 Å². The fraction of sp³-hybridized carbons (Fsp3) is 0.600. The molecule has 1 aliphatic rings. The van der Waals surface area contributed by atoms with Gasteiger partial charge in [-0.05, 0) is 37.6 Å². The van der Waals surface area contributed by atoms with E-state index in [0.29, 0.717) is 12.0 Å². The maximum absolute atomic E-state index is 14.2. The van der Waals surface area contributed by atoms with E-state index in [1.165, 1.54) is 0 Å². The number of para-hydroxylation sites is 1. The molecule has 1 unspecified atom stereocenters. The lowest BCUT2D eigenvalue weighted by atomic mass is 9.99. The van der Waals surface area contributed by atoms with Crippen LogP contribution in [0.25, 0.3) is 0 Å². The second-order valence-electron chi connectivity index (χ2n) is 5.65. The zero-order valence-corrected chi connectivity index (χ0v) is 11.8. The molecule has 0 N–H and O–H groups in total. The maximum atomic E-state index is 14.2. The minimum absolute atomic E-state index is 0.0988. The lowest BCUT2D eigenvalue weighted by molar-refractivity contribution is 0.409. The van der Waals surface area contributed by atoms with Gasteiger partial charge in [0.25, 0.3) is 0 Å². The number of likely N-dealkylation sites (tertiary alicyclic amines) is 1. The molecule has 0 saturated carbocycles. The van der Waals surface area contributed by atoms with Crippen molar-refractivity contribution in [1.29, 1.82) is 0 Å². The van der Waals surface area contributed by atoms with Crippen molar-refractivity contribution in [2.24, 2.45) is 0 Å². The van der Waals surface area contributed by atoms with Gasteiger partial charge in [-0.3, -0.25) is 0 Å². The van der Waals surface area contributed by atoms with Gasteiger partial charge in [0.2, 0.25) is 0 Å². The van der Waals surface area contributed by atoms with Gasteiger partial charge in [0.1, 0.15) is 5.82 Å². The molecule has 1 aliphatic heterocycles. The first kappa shape index (κ1) is 13.3. The number of halogens is 1. The van der Waals surface area contributed by atoms with Crippen molar-refractivity contribution in [3.05, 3.63) is 29.6 Å². The zero-order chi connectivity index (χ0) is 13.3. The van der Waals surface area contributed by atoms with Crippen LogP contribution in [0.1, 0.15) is 31.7 Å². The van der Waals surface area contributed by atoms with E-state index in [0.717, 1.165) is 30.8 Å². The molecule has 1 aromatic carbocycles. The van der Waals surface area contributed by atoms with Crippen LogP contribution in [0, 0.1) is 5.82 Å². The van der Waals surface area contributed by atoms with E-state index >= 15 is 0 Å². The van der Waals surface area contributed by atoms with Crippen LogP contribution in [0.2, 0.25) is 0 Å². The summed E-state index contributed by atoms with van der Waals surface area (Å²) in [5, 5.41) is 0. The Kier molecular flexibility index (Phi) is 3.91. The summed E-state index contributed by atoms with van der Waals surface area (Å²) in [7, 11) is 4.15. The highest BCUT2D eigenvalue weighted by molar-refractivity contribution is 5.56. The molecule has 1 saturated heterocycles. The minimum atomic E-state index is -0.0988. The number of hydrogen-bond donors (Lipinski definition) is 0. The molecule has 1 heterocycles. The van der Waals surface area contributed by atoms with Crippen LogP contribution in [-0.4, -0.2) is 38.1 Å². The van der Waals surface area contributed by atoms with E-state index in [4.69, 9.17) is 0 Å². The first-order valence-corrected chi connectivity index (χ1v) is 6.70. The van der Waals surface area contributed by atoms with Crippen molar-refractivity contribution in [2.75, 3.05) is 32.1 Å². The summed E-state index contributed by atoms with van der Waals surface area (Å²) < 4.78 is 14.2. The van der Waals surface area contributed by atoms with Crippen molar-refractivity contribution in [1.82, 2.24) is 4.90 Å². The second kappa shape index (κ2) is 5.27. The SMILES string of the molecule is CC(C)c1cccc(F)c1N(C)C1CCN(C)C1. The highest BCUT2D eigenvalue weighted by Gasteiger charge is 2.26. The van der Waals surface area contributed by atoms with Gasteiger partial charge in [0, 0.05) is 19.6 Å². The predicted molar refractivity (Wildman–Crippen MR) is 74.8 cm³/mol. The zero-order valence-electron chi connectivity index (χ0n) is 11.8. The summed E-state index contributed by atoms with van der Waals surface area (Å²) in [6, 6.07) is 5.83. The number of hydrogen-bond acceptors (Lipinski definition) is 2. The van der Waals surface area contributed by atoms with E-state index in [-0.39, 0.29) is 5.82 Å². The van der Waals surface area contributed by atoms with Gasteiger partial charge in [0.05, 0.1) is 5.69 Å². The van der Waals surface area contributed by atoms with Crippen LogP contribution < -0.4 is 4.90 Å². The number of benzene rings is 1. The Hall–Kier alpha value is -1.09. The van der Waals surface area contributed by atoms with Gasteiger partial charge in [-0.15, -0.1) is 0 Å². The third-order valence-electron chi connectivity index (χ3n) is 3.91. The number of nitrogens with zero attached hydrogens (tertiary/aromatic N) is 2. The first-order valence-electron chi connectivity index (χ1n) is 6.70. The lowest BCUT2D eigenvalue weighted by Crippen LogP contribution is -2.35. The van der Waals surface area contributed by atoms with Crippen molar-refractivity contribution >= 4 is 5.69 Å². The summed E-state index contributed by atoms with van der Waals surface area (Å²) in [5.41, 5.74) is 1.89. The Morgan fingerprint density at radius 3 is 2.67 bits per heavy atom. The number of likely N-dealkylation sites (N-methyl/N-ethyl adjacent to an activating group) is 2. The molecule has 0 bridgehead atoms. The Labute approximate surface area is 109 Å². The van der Waals surface area contributed by atoms with Crippen molar-refractivity contribution in [3.8, 4) is 0 Å². The molecule has 2 rings (SSSR count). The molecule has 1 atom stereocenters. The highest BCUT2D eigenvalue weighted by atomic mass is 19.1. The average Bonchev–Trinajstić information content (AvgIpc) is 2.74. The van der Waals surface area contributed by atoms with E-state index in [1.54, 1.807) is 6.07 Å². The monoisotopic (exact) mass is 250 g/mol.